The summed E-state index contributed by atoms with van der Waals surface area (Å²) in [6.45, 7) is 3.89. The van der Waals surface area contributed by atoms with Crippen molar-refractivity contribution in [1.82, 2.24) is 10.2 Å². The van der Waals surface area contributed by atoms with Crippen molar-refractivity contribution in [2.24, 2.45) is 5.92 Å². The van der Waals surface area contributed by atoms with Crippen molar-refractivity contribution in [3.05, 3.63) is 35.4 Å². The van der Waals surface area contributed by atoms with Crippen LogP contribution in [0.4, 0.5) is 13.2 Å². The lowest BCUT2D eigenvalue weighted by molar-refractivity contribution is -0.137. The van der Waals surface area contributed by atoms with E-state index >= 15 is 0 Å². The molecule has 0 aromatic heterocycles. The van der Waals surface area contributed by atoms with Crippen LogP contribution < -0.4 is 5.32 Å². The molecule has 1 aromatic rings. The number of likely N-dealkylation sites (tertiary alicyclic amines) is 1. The van der Waals surface area contributed by atoms with Crippen LogP contribution in [0.2, 0.25) is 0 Å². The molecule has 1 aromatic carbocycles. The minimum Gasteiger partial charge on any atom is -0.377 e. The number of rotatable bonds is 5. The van der Waals surface area contributed by atoms with E-state index in [2.05, 4.69) is 16.7 Å². The molecule has 1 radical (unpaired) electrons. The Bertz CT molecular complexity index is 657. The van der Waals surface area contributed by atoms with Gasteiger partial charge in [0.2, 0.25) is 0 Å². The number of nitrogens with zero attached hydrogens (tertiary/aromatic N) is 2. The second kappa shape index (κ2) is 10.2. The molecule has 1 aliphatic carbocycles. The SMILES string of the molecule is FC(F)(F)c1ccc(C2CC(CSC3CCCCC3)CN(C3COCC[N]3)C2)cc1. The van der Waals surface area contributed by atoms with Crippen LogP contribution in [0.25, 0.3) is 0 Å². The lowest BCUT2D eigenvalue weighted by Crippen LogP contribution is -2.54. The van der Waals surface area contributed by atoms with Crippen molar-refractivity contribution in [3.8, 4) is 0 Å². The standard InChI is InChI=1S/C23H32F3N2OS/c24-23(25,26)20-8-6-18(7-9-20)19-12-17(16-30-21-4-2-1-3-5-21)13-28(14-19)22-15-29-11-10-27-22/h6-9,17,19,21-22H,1-5,10-16H2. The van der Waals surface area contributed by atoms with Crippen LogP contribution in [0.5, 0.6) is 0 Å². The lowest BCUT2D eigenvalue weighted by atomic mass is 9.84. The molecule has 3 aliphatic rings. The summed E-state index contributed by atoms with van der Waals surface area (Å²) in [5.74, 6) is 1.91. The molecule has 167 valence electrons. The molecule has 2 aliphatic heterocycles. The monoisotopic (exact) mass is 441 g/mol. The third kappa shape index (κ3) is 5.93. The number of alkyl halides is 3. The van der Waals surface area contributed by atoms with E-state index in [1.165, 1.54) is 44.2 Å². The van der Waals surface area contributed by atoms with Gasteiger partial charge in [0.15, 0.2) is 0 Å². The fourth-order valence-electron chi connectivity index (χ4n) is 5.02. The van der Waals surface area contributed by atoms with Gasteiger partial charge in [-0.2, -0.15) is 24.9 Å². The zero-order valence-electron chi connectivity index (χ0n) is 17.4. The van der Waals surface area contributed by atoms with Gasteiger partial charge in [0.05, 0.1) is 24.9 Å². The Balaban J connectivity index is 1.44. The van der Waals surface area contributed by atoms with E-state index in [9.17, 15) is 13.2 Å². The van der Waals surface area contributed by atoms with Gasteiger partial charge in [0, 0.05) is 24.9 Å². The molecule has 3 atom stereocenters. The molecule has 4 rings (SSSR count). The maximum atomic E-state index is 13.0. The van der Waals surface area contributed by atoms with Crippen molar-refractivity contribution in [2.75, 3.05) is 38.6 Å². The van der Waals surface area contributed by atoms with E-state index < -0.39 is 11.7 Å². The van der Waals surface area contributed by atoms with Gasteiger partial charge < -0.3 is 4.74 Å². The lowest BCUT2D eigenvalue weighted by Gasteiger charge is -2.43. The maximum Gasteiger partial charge on any atom is 0.416 e. The Morgan fingerprint density at radius 2 is 1.83 bits per heavy atom. The summed E-state index contributed by atoms with van der Waals surface area (Å²) in [6, 6.07) is 5.82. The number of benzene rings is 1. The molecule has 30 heavy (non-hydrogen) atoms. The van der Waals surface area contributed by atoms with Crippen molar-refractivity contribution in [3.63, 3.8) is 0 Å². The first-order chi connectivity index (χ1) is 14.5. The van der Waals surface area contributed by atoms with E-state index in [1.54, 1.807) is 12.1 Å². The Morgan fingerprint density at radius 3 is 2.50 bits per heavy atom. The minimum absolute atomic E-state index is 0.0816. The summed E-state index contributed by atoms with van der Waals surface area (Å²) in [5, 5.41) is 5.54. The first kappa shape index (κ1) is 22.4. The second-order valence-electron chi connectivity index (χ2n) is 8.93. The number of hydrogen-bond donors (Lipinski definition) is 0. The average molecular weight is 442 g/mol. The zero-order chi connectivity index (χ0) is 21.0. The largest absolute Gasteiger partial charge is 0.416 e. The summed E-state index contributed by atoms with van der Waals surface area (Å²) in [7, 11) is 0. The number of piperidine rings is 1. The van der Waals surface area contributed by atoms with Gasteiger partial charge in [-0.15, -0.1) is 0 Å². The van der Waals surface area contributed by atoms with Gasteiger partial charge in [-0.25, -0.2) is 5.32 Å². The number of halogens is 3. The molecular formula is C23H32F3N2OS. The first-order valence-corrected chi connectivity index (χ1v) is 12.3. The van der Waals surface area contributed by atoms with Gasteiger partial charge in [0.25, 0.3) is 0 Å². The summed E-state index contributed by atoms with van der Waals surface area (Å²) in [4.78, 5) is 2.41. The fourth-order valence-corrected chi connectivity index (χ4v) is 6.48. The van der Waals surface area contributed by atoms with Gasteiger partial charge in [-0.05, 0) is 54.5 Å². The molecule has 0 amide bonds. The van der Waals surface area contributed by atoms with Gasteiger partial charge in [-0.3, -0.25) is 4.90 Å². The molecule has 0 spiro atoms. The Morgan fingerprint density at radius 1 is 1.07 bits per heavy atom. The third-order valence-electron chi connectivity index (χ3n) is 6.66. The van der Waals surface area contributed by atoms with Crippen LogP contribution in [-0.4, -0.2) is 54.9 Å². The topological polar surface area (TPSA) is 26.6 Å². The summed E-state index contributed by atoms with van der Waals surface area (Å²) >= 11 is 2.12. The number of morpholine rings is 1. The van der Waals surface area contributed by atoms with Crippen molar-refractivity contribution in [2.45, 2.75) is 62.0 Å². The van der Waals surface area contributed by atoms with Gasteiger partial charge in [0.1, 0.15) is 0 Å². The third-order valence-corrected chi connectivity index (χ3v) is 8.27. The molecule has 2 heterocycles. The van der Waals surface area contributed by atoms with Crippen LogP contribution in [0.1, 0.15) is 55.6 Å². The molecule has 3 unspecified atom stereocenters. The van der Waals surface area contributed by atoms with Crippen molar-refractivity contribution < 1.29 is 17.9 Å². The highest BCUT2D eigenvalue weighted by molar-refractivity contribution is 7.99. The molecule has 3 fully saturated rings. The Labute approximate surface area is 182 Å². The van der Waals surface area contributed by atoms with E-state index in [4.69, 9.17) is 10.1 Å². The number of thioether (sulfide) groups is 1. The summed E-state index contributed by atoms with van der Waals surface area (Å²) in [5.41, 5.74) is 0.441. The van der Waals surface area contributed by atoms with Crippen molar-refractivity contribution in [1.29, 1.82) is 0 Å². The molecular weight excluding hydrogens is 409 g/mol. The summed E-state index contributed by atoms with van der Waals surface area (Å²) < 4.78 is 44.6. The normalized spacial score (nSPS) is 29.8. The fraction of sp³-hybridized carbons (Fsp3) is 0.739. The highest BCUT2D eigenvalue weighted by Crippen LogP contribution is 2.37. The molecule has 1 saturated carbocycles. The molecule has 3 nitrogen and oxygen atoms in total. The smallest absolute Gasteiger partial charge is 0.377 e. The first-order valence-electron chi connectivity index (χ1n) is 11.3. The van der Waals surface area contributed by atoms with Crippen LogP contribution >= 0.6 is 11.8 Å². The van der Waals surface area contributed by atoms with Crippen molar-refractivity contribution >= 4 is 11.8 Å². The molecule has 2 saturated heterocycles. The molecule has 7 heteroatoms. The number of hydrogen-bond acceptors (Lipinski definition) is 3. The predicted octanol–water partition coefficient (Wildman–Crippen LogP) is 5.14. The van der Waals surface area contributed by atoms with Crippen LogP contribution in [0, 0.1) is 5.92 Å². The Hall–Kier alpha value is -0.760. The number of ether oxygens (including phenoxy) is 1. The van der Waals surface area contributed by atoms with Crippen LogP contribution in [0.3, 0.4) is 0 Å². The molecule has 0 N–H and O–H groups in total. The van der Waals surface area contributed by atoms with E-state index in [-0.39, 0.29) is 12.1 Å². The maximum absolute atomic E-state index is 13.0. The van der Waals surface area contributed by atoms with E-state index in [0.717, 1.165) is 42.6 Å². The van der Waals surface area contributed by atoms with Gasteiger partial charge in [-0.1, -0.05) is 31.4 Å². The van der Waals surface area contributed by atoms with E-state index in [1.807, 2.05) is 0 Å². The van der Waals surface area contributed by atoms with Gasteiger partial charge >= 0.3 is 6.18 Å². The average Bonchev–Trinajstić information content (AvgIpc) is 2.78. The summed E-state index contributed by atoms with van der Waals surface area (Å²) in [6.07, 6.45) is 3.56. The second-order valence-corrected chi connectivity index (χ2v) is 10.3. The predicted molar refractivity (Wildman–Crippen MR) is 115 cm³/mol. The minimum atomic E-state index is -4.28. The quantitative estimate of drug-likeness (QED) is 0.633. The zero-order valence-corrected chi connectivity index (χ0v) is 18.3. The van der Waals surface area contributed by atoms with Crippen LogP contribution in [-0.2, 0) is 10.9 Å². The van der Waals surface area contributed by atoms with E-state index in [0.29, 0.717) is 19.1 Å². The highest BCUT2D eigenvalue weighted by Gasteiger charge is 2.35. The Kier molecular flexibility index (Phi) is 7.66. The van der Waals surface area contributed by atoms with Crippen LogP contribution in [0.15, 0.2) is 24.3 Å². The molecule has 0 bridgehead atoms. The highest BCUT2D eigenvalue weighted by atomic mass is 32.2.